The minimum Gasteiger partial charge on any atom is -0.478 e. The number of hydrogen-bond acceptors (Lipinski definition) is 3. The van der Waals surface area contributed by atoms with E-state index in [-0.39, 0.29) is 11.4 Å². The van der Waals surface area contributed by atoms with Gasteiger partial charge in [-0.25, -0.2) is 4.79 Å². The lowest BCUT2D eigenvalue weighted by Gasteiger charge is -2.16. The molecule has 0 spiro atoms. The van der Waals surface area contributed by atoms with Gasteiger partial charge in [0.2, 0.25) is 0 Å². The van der Waals surface area contributed by atoms with Crippen molar-refractivity contribution in [3.05, 3.63) is 11.8 Å². The van der Waals surface area contributed by atoms with E-state index in [1.165, 1.54) is 11.1 Å². The molecule has 0 aliphatic heterocycles. The third kappa shape index (κ3) is 3.71. The molecule has 0 unspecified atom stereocenters. The minimum absolute atomic E-state index is 0.117. The first kappa shape index (κ1) is 11.6. The summed E-state index contributed by atoms with van der Waals surface area (Å²) < 4.78 is 0. The molecular weight excluding hydrogens is 172 g/mol. The molecule has 0 aromatic heterocycles. The zero-order chi connectivity index (χ0) is 10.4. The van der Waals surface area contributed by atoms with Crippen molar-refractivity contribution >= 4 is 11.8 Å². The van der Waals surface area contributed by atoms with Crippen molar-refractivity contribution < 1.29 is 15.0 Å². The number of nitrogens with zero attached hydrogens (tertiary/aromatic N) is 1. The van der Waals surface area contributed by atoms with Gasteiger partial charge in [0, 0.05) is 12.7 Å². The van der Waals surface area contributed by atoms with Crippen LogP contribution in [0.3, 0.4) is 0 Å². The van der Waals surface area contributed by atoms with E-state index in [0.29, 0.717) is 6.54 Å². The highest BCUT2D eigenvalue weighted by molar-refractivity contribution is 5.88. The molecule has 13 heavy (non-hydrogen) atoms. The van der Waals surface area contributed by atoms with E-state index in [9.17, 15) is 4.79 Å². The van der Waals surface area contributed by atoms with Gasteiger partial charge in [-0.3, -0.25) is 5.41 Å². The van der Waals surface area contributed by atoms with Gasteiger partial charge in [-0.2, -0.15) is 0 Å². The van der Waals surface area contributed by atoms with Gasteiger partial charge in [0.05, 0.1) is 18.0 Å². The average molecular weight is 186 g/mol. The van der Waals surface area contributed by atoms with Crippen LogP contribution in [-0.2, 0) is 4.79 Å². The molecule has 0 bridgehead atoms. The van der Waals surface area contributed by atoms with Crippen LogP contribution in [0.1, 0.15) is 13.8 Å². The number of amidine groups is 1. The molecular formula is C8H14N2O3. The fourth-order valence-corrected chi connectivity index (χ4v) is 0.777. The molecule has 0 aliphatic rings. The van der Waals surface area contributed by atoms with Crippen molar-refractivity contribution in [3.8, 4) is 0 Å². The highest BCUT2D eigenvalue weighted by Gasteiger charge is 2.08. The number of aliphatic hydroxyl groups excluding tert-OH is 1. The van der Waals surface area contributed by atoms with Crippen LogP contribution < -0.4 is 0 Å². The Bertz CT molecular complexity index is 236. The summed E-state index contributed by atoms with van der Waals surface area (Å²) in [6.07, 6.45) is 1.27. The largest absolute Gasteiger partial charge is 0.478 e. The predicted octanol–water partition coefficient (Wildman–Crippen LogP) is 0.266. The molecule has 0 rings (SSSR count). The van der Waals surface area contributed by atoms with Gasteiger partial charge < -0.3 is 15.1 Å². The zero-order valence-electron chi connectivity index (χ0n) is 7.74. The number of carboxylic acids is 1. The van der Waals surface area contributed by atoms with E-state index in [1.807, 2.05) is 0 Å². The summed E-state index contributed by atoms with van der Waals surface area (Å²) in [5.74, 6) is -0.920. The summed E-state index contributed by atoms with van der Waals surface area (Å²) in [6.45, 7) is 3.33. The number of aliphatic carboxylic acids is 1. The van der Waals surface area contributed by atoms with Gasteiger partial charge in [-0.05, 0) is 13.8 Å². The van der Waals surface area contributed by atoms with Gasteiger partial charge in [0.25, 0.3) is 0 Å². The predicted molar refractivity (Wildman–Crippen MR) is 48.6 cm³/mol. The Balaban J connectivity index is 4.64. The Hall–Kier alpha value is -1.36. The van der Waals surface area contributed by atoms with Crippen molar-refractivity contribution in [3.63, 3.8) is 0 Å². The Morgan fingerprint density at radius 3 is 2.38 bits per heavy atom. The number of nitrogens with one attached hydrogen (secondary N) is 1. The maximum atomic E-state index is 10.5. The number of aliphatic hydroxyl groups is 1. The zero-order valence-corrected chi connectivity index (χ0v) is 7.74. The molecule has 5 nitrogen and oxygen atoms in total. The molecule has 0 amide bonds. The summed E-state index contributed by atoms with van der Waals surface area (Å²) in [5.41, 5.74) is -0.117. The fourth-order valence-electron chi connectivity index (χ4n) is 0.777. The second kappa shape index (κ2) is 5.31. The molecule has 74 valence electrons. The Kier molecular flexibility index (Phi) is 4.76. The first-order chi connectivity index (χ1) is 6.02. The molecule has 0 fully saturated rings. The molecule has 0 aliphatic carbocycles. The van der Waals surface area contributed by atoms with Crippen LogP contribution in [0.15, 0.2) is 11.8 Å². The van der Waals surface area contributed by atoms with Crippen molar-refractivity contribution in [2.75, 3.05) is 13.2 Å². The third-order valence-corrected chi connectivity index (χ3v) is 1.53. The Labute approximate surface area is 76.8 Å². The van der Waals surface area contributed by atoms with E-state index in [2.05, 4.69) is 0 Å². The monoisotopic (exact) mass is 186 g/mol. The van der Waals surface area contributed by atoms with Gasteiger partial charge in [-0.15, -0.1) is 0 Å². The molecule has 0 aromatic carbocycles. The van der Waals surface area contributed by atoms with Crippen LogP contribution >= 0.6 is 0 Å². The number of carboxylic acid groups (broad SMARTS) is 1. The minimum atomic E-state index is -1.16. The standard InChI is InChI=1S/C8H14N2O3/c1-3-10(6(2)9)4-7(5-11)8(12)13/h4,9,11H,3,5H2,1-2H3,(H,12,13)/b7-4+,9-6?. The van der Waals surface area contributed by atoms with Gasteiger partial charge >= 0.3 is 5.97 Å². The summed E-state index contributed by atoms with van der Waals surface area (Å²) in [5, 5.41) is 24.5. The molecule has 0 heterocycles. The average Bonchev–Trinajstić information content (AvgIpc) is 2.05. The lowest BCUT2D eigenvalue weighted by atomic mass is 10.3. The molecule has 0 saturated carbocycles. The second-order valence-corrected chi connectivity index (χ2v) is 2.49. The molecule has 0 atom stereocenters. The van der Waals surface area contributed by atoms with Crippen molar-refractivity contribution in [2.24, 2.45) is 0 Å². The van der Waals surface area contributed by atoms with Gasteiger partial charge in [0.15, 0.2) is 0 Å². The molecule has 0 saturated heterocycles. The van der Waals surface area contributed by atoms with Crippen LogP contribution in [-0.4, -0.2) is 40.1 Å². The third-order valence-electron chi connectivity index (χ3n) is 1.53. The Morgan fingerprint density at radius 1 is 1.62 bits per heavy atom. The van der Waals surface area contributed by atoms with E-state index < -0.39 is 12.6 Å². The molecule has 0 radical (unpaired) electrons. The Morgan fingerprint density at radius 2 is 2.15 bits per heavy atom. The second-order valence-electron chi connectivity index (χ2n) is 2.49. The fraction of sp³-hybridized carbons (Fsp3) is 0.500. The molecule has 0 aromatic rings. The maximum absolute atomic E-state index is 10.5. The lowest BCUT2D eigenvalue weighted by molar-refractivity contribution is -0.133. The van der Waals surface area contributed by atoms with Crippen LogP contribution in [0.25, 0.3) is 0 Å². The van der Waals surface area contributed by atoms with E-state index in [1.54, 1.807) is 13.8 Å². The van der Waals surface area contributed by atoms with E-state index in [0.717, 1.165) is 0 Å². The number of carbonyl (C=O) groups is 1. The summed E-state index contributed by atoms with van der Waals surface area (Å²) in [4.78, 5) is 11.9. The molecule has 5 heteroatoms. The van der Waals surface area contributed by atoms with Crippen molar-refractivity contribution in [1.29, 1.82) is 5.41 Å². The summed E-state index contributed by atoms with van der Waals surface area (Å²) in [7, 11) is 0. The normalized spacial score (nSPS) is 11.2. The quantitative estimate of drug-likeness (QED) is 0.334. The molecule has 3 N–H and O–H groups in total. The van der Waals surface area contributed by atoms with Gasteiger partial charge in [0.1, 0.15) is 0 Å². The topological polar surface area (TPSA) is 84.6 Å². The smallest absolute Gasteiger partial charge is 0.335 e. The van der Waals surface area contributed by atoms with Gasteiger partial charge in [-0.1, -0.05) is 0 Å². The van der Waals surface area contributed by atoms with Crippen molar-refractivity contribution in [2.45, 2.75) is 13.8 Å². The van der Waals surface area contributed by atoms with Crippen molar-refractivity contribution in [1.82, 2.24) is 4.90 Å². The van der Waals surface area contributed by atoms with Crippen LogP contribution in [0, 0.1) is 5.41 Å². The highest BCUT2D eigenvalue weighted by atomic mass is 16.4. The summed E-state index contributed by atoms with van der Waals surface area (Å²) >= 11 is 0. The first-order valence-corrected chi connectivity index (χ1v) is 3.89. The van der Waals surface area contributed by atoms with E-state index >= 15 is 0 Å². The number of rotatable bonds is 4. The summed E-state index contributed by atoms with van der Waals surface area (Å²) in [6, 6.07) is 0. The van der Waals surface area contributed by atoms with Crippen LogP contribution in [0.2, 0.25) is 0 Å². The van der Waals surface area contributed by atoms with Crippen LogP contribution in [0.5, 0.6) is 0 Å². The lowest BCUT2D eigenvalue weighted by Crippen LogP contribution is -2.24. The first-order valence-electron chi connectivity index (χ1n) is 3.89. The van der Waals surface area contributed by atoms with E-state index in [4.69, 9.17) is 15.6 Å². The SMILES string of the molecule is CCN(/C=C(\CO)C(=O)O)C(C)=N. The highest BCUT2D eigenvalue weighted by Crippen LogP contribution is 1.98. The number of hydrogen-bond donors (Lipinski definition) is 3. The van der Waals surface area contributed by atoms with Crippen LogP contribution in [0.4, 0.5) is 0 Å². The maximum Gasteiger partial charge on any atom is 0.335 e.